The van der Waals surface area contributed by atoms with Gasteiger partial charge in [-0.25, -0.2) is 9.67 Å². The van der Waals surface area contributed by atoms with Crippen molar-refractivity contribution in [3.63, 3.8) is 0 Å². The molecule has 0 fully saturated rings. The predicted octanol–water partition coefficient (Wildman–Crippen LogP) is 4.43. The molecule has 0 amide bonds. The number of hydrogen-bond donors (Lipinski definition) is 1. The van der Waals surface area contributed by atoms with E-state index >= 15 is 0 Å². The van der Waals surface area contributed by atoms with Crippen LogP contribution in [0.5, 0.6) is 5.75 Å². The van der Waals surface area contributed by atoms with E-state index in [4.69, 9.17) is 9.72 Å². The van der Waals surface area contributed by atoms with Gasteiger partial charge in [-0.05, 0) is 37.1 Å². The molecule has 0 aliphatic rings. The number of nitro groups is 1. The van der Waals surface area contributed by atoms with Crippen molar-refractivity contribution in [2.75, 3.05) is 6.61 Å². The Bertz CT molecular complexity index is 1320. The van der Waals surface area contributed by atoms with E-state index in [9.17, 15) is 14.9 Å². The molecule has 4 aromatic rings. The summed E-state index contributed by atoms with van der Waals surface area (Å²) in [6.45, 7) is 4.61. The second-order valence-electron chi connectivity index (χ2n) is 7.34. The van der Waals surface area contributed by atoms with Crippen LogP contribution in [0.25, 0.3) is 28.1 Å². The van der Waals surface area contributed by atoms with E-state index in [1.54, 1.807) is 16.8 Å². The zero-order chi connectivity index (χ0) is 22.7. The van der Waals surface area contributed by atoms with E-state index in [-0.39, 0.29) is 16.8 Å². The average molecular weight is 433 g/mol. The number of nitrogens with one attached hydrogen (secondary N) is 1. The van der Waals surface area contributed by atoms with Crippen LogP contribution in [-0.2, 0) is 6.42 Å². The molecule has 164 valence electrons. The average Bonchev–Trinajstić information content (AvgIpc) is 3.17. The van der Waals surface area contributed by atoms with Gasteiger partial charge in [-0.1, -0.05) is 32.4 Å². The lowest BCUT2D eigenvalue weighted by Crippen LogP contribution is -2.10. The van der Waals surface area contributed by atoms with Crippen LogP contribution < -0.4 is 10.3 Å². The number of nitro benzene ring substituents is 1. The molecule has 0 atom stereocenters. The number of benzene rings is 2. The number of aryl methyl sites for hydroxylation is 1. The fourth-order valence-corrected chi connectivity index (χ4v) is 3.54. The van der Waals surface area contributed by atoms with Crippen molar-refractivity contribution in [2.24, 2.45) is 0 Å². The van der Waals surface area contributed by atoms with Gasteiger partial charge in [-0.3, -0.25) is 14.9 Å². The number of non-ortho nitro benzene ring substituents is 1. The largest absolute Gasteiger partial charge is 0.493 e. The van der Waals surface area contributed by atoms with Gasteiger partial charge in [0.1, 0.15) is 17.1 Å². The lowest BCUT2D eigenvalue weighted by molar-refractivity contribution is -0.384. The summed E-state index contributed by atoms with van der Waals surface area (Å²) in [5.41, 5.74) is 2.47. The molecule has 1 N–H and O–H groups in total. The molecule has 2 heterocycles. The van der Waals surface area contributed by atoms with Crippen molar-refractivity contribution in [3.05, 3.63) is 74.7 Å². The maximum atomic E-state index is 12.9. The second-order valence-corrected chi connectivity index (χ2v) is 7.34. The van der Waals surface area contributed by atoms with Gasteiger partial charge in [0.15, 0.2) is 5.52 Å². The summed E-state index contributed by atoms with van der Waals surface area (Å²) in [4.78, 5) is 31.1. The van der Waals surface area contributed by atoms with Crippen LogP contribution in [-0.4, -0.2) is 31.3 Å². The molecule has 2 aromatic heterocycles. The van der Waals surface area contributed by atoms with E-state index < -0.39 is 4.92 Å². The van der Waals surface area contributed by atoms with Crippen LogP contribution in [0.15, 0.2) is 53.3 Å². The number of fused-ring (bicyclic) bond motifs is 1. The molecule has 0 spiro atoms. The van der Waals surface area contributed by atoms with Crippen LogP contribution in [0.3, 0.4) is 0 Å². The minimum atomic E-state index is -0.451. The van der Waals surface area contributed by atoms with E-state index in [2.05, 4.69) is 10.1 Å². The Morgan fingerprint density at radius 3 is 2.50 bits per heavy atom. The van der Waals surface area contributed by atoms with Gasteiger partial charge in [0.25, 0.3) is 11.2 Å². The molecule has 0 saturated carbocycles. The molecule has 4 rings (SSSR count). The van der Waals surface area contributed by atoms with Crippen molar-refractivity contribution in [1.29, 1.82) is 0 Å². The van der Waals surface area contributed by atoms with Crippen molar-refractivity contribution in [1.82, 2.24) is 19.7 Å². The zero-order valence-corrected chi connectivity index (χ0v) is 17.9. The van der Waals surface area contributed by atoms with Gasteiger partial charge in [-0.15, -0.1) is 0 Å². The first-order valence-electron chi connectivity index (χ1n) is 10.5. The van der Waals surface area contributed by atoms with E-state index in [0.717, 1.165) is 18.5 Å². The third-order valence-corrected chi connectivity index (χ3v) is 5.02. The molecule has 0 aliphatic heterocycles. The Morgan fingerprint density at radius 1 is 1.06 bits per heavy atom. The summed E-state index contributed by atoms with van der Waals surface area (Å²) >= 11 is 0. The maximum Gasteiger partial charge on any atom is 0.279 e. The van der Waals surface area contributed by atoms with Crippen LogP contribution in [0.1, 0.15) is 32.4 Å². The van der Waals surface area contributed by atoms with E-state index in [0.29, 0.717) is 41.4 Å². The normalized spacial score (nSPS) is 11.1. The van der Waals surface area contributed by atoms with Gasteiger partial charge in [0, 0.05) is 12.1 Å². The summed E-state index contributed by atoms with van der Waals surface area (Å²) in [6, 6.07) is 13.5. The van der Waals surface area contributed by atoms with Crippen LogP contribution in [0.2, 0.25) is 0 Å². The van der Waals surface area contributed by atoms with Gasteiger partial charge in [0.2, 0.25) is 0 Å². The van der Waals surface area contributed by atoms with Gasteiger partial charge < -0.3 is 9.72 Å². The Labute approximate surface area is 183 Å². The fourth-order valence-electron chi connectivity index (χ4n) is 3.54. The Morgan fingerprint density at radius 2 is 1.81 bits per heavy atom. The highest BCUT2D eigenvalue weighted by Gasteiger charge is 2.19. The highest BCUT2D eigenvalue weighted by Crippen LogP contribution is 2.29. The molecule has 9 heteroatoms. The molecule has 0 aliphatic carbocycles. The first-order chi connectivity index (χ1) is 15.5. The van der Waals surface area contributed by atoms with Crippen LogP contribution in [0, 0.1) is 10.1 Å². The van der Waals surface area contributed by atoms with Crippen molar-refractivity contribution in [2.45, 2.75) is 33.1 Å². The SMILES string of the molecule is CCCOc1ccccc1-c1nc2c(CCC)n(-c3ccc([N+](=O)[O-])cc3)nc2c(=O)[nH]1. The monoisotopic (exact) mass is 433 g/mol. The summed E-state index contributed by atoms with van der Waals surface area (Å²) in [5, 5.41) is 15.5. The van der Waals surface area contributed by atoms with Crippen LogP contribution in [0.4, 0.5) is 5.69 Å². The number of aromatic amines is 1. The fraction of sp³-hybridized carbons (Fsp3) is 0.261. The number of para-hydroxylation sites is 1. The number of rotatable bonds is 8. The van der Waals surface area contributed by atoms with Gasteiger partial charge in [-0.2, -0.15) is 5.10 Å². The maximum absolute atomic E-state index is 12.9. The molecule has 9 nitrogen and oxygen atoms in total. The standard InChI is InChI=1S/C23H23N5O4/c1-3-7-18-20-21(26-27(18)15-10-12-16(13-11-15)28(30)31)23(29)25-22(24-20)17-8-5-6-9-19(17)32-14-4-2/h5-6,8-13H,3-4,7,14H2,1-2H3,(H,24,25,29). The lowest BCUT2D eigenvalue weighted by atomic mass is 10.1. The number of hydrogen-bond acceptors (Lipinski definition) is 6. The van der Waals surface area contributed by atoms with E-state index in [1.807, 2.05) is 38.1 Å². The third kappa shape index (κ3) is 3.96. The summed E-state index contributed by atoms with van der Waals surface area (Å²) < 4.78 is 7.48. The number of H-pyrrole nitrogens is 1. The van der Waals surface area contributed by atoms with Crippen molar-refractivity contribution < 1.29 is 9.66 Å². The highest BCUT2D eigenvalue weighted by atomic mass is 16.6. The summed E-state index contributed by atoms with van der Waals surface area (Å²) in [6.07, 6.45) is 2.31. The number of nitrogens with zero attached hydrogens (tertiary/aromatic N) is 4. The molecule has 0 radical (unpaired) electrons. The first-order valence-corrected chi connectivity index (χ1v) is 10.5. The molecular formula is C23H23N5O4. The third-order valence-electron chi connectivity index (χ3n) is 5.02. The van der Waals surface area contributed by atoms with Gasteiger partial charge >= 0.3 is 0 Å². The Balaban J connectivity index is 1.88. The number of aromatic nitrogens is 4. The minimum Gasteiger partial charge on any atom is -0.493 e. The topological polar surface area (TPSA) is 116 Å². The molecular weight excluding hydrogens is 410 g/mol. The number of ether oxygens (including phenoxy) is 1. The smallest absolute Gasteiger partial charge is 0.279 e. The Hall–Kier alpha value is -4.01. The molecule has 0 saturated heterocycles. The molecule has 0 bridgehead atoms. The molecule has 2 aromatic carbocycles. The summed E-state index contributed by atoms with van der Waals surface area (Å²) in [5.74, 6) is 1.06. The van der Waals surface area contributed by atoms with Crippen molar-refractivity contribution >= 4 is 16.7 Å². The second kappa shape index (κ2) is 9.01. The minimum absolute atomic E-state index is 0.00977. The Kier molecular flexibility index (Phi) is 5.98. The molecule has 32 heavy (non-hydrogen) atoms. The van der Waals surface area contributed by atoms with E-state index in [1.165, 1.54) is 12.1 Å². The van der Waals surface area contributed by atoms with Crippen molar-refractivity contribution in [3.8, 4) is 22.8 Å². The lowest BCUT2D eigenvalue weighted by Gasteiger charge is -2.10. The summed E-state index contributed by atoms with van der Waals surface area (Å²) in [7, 11) is 0. The van der Waals surface area contributed by atoms with Crippen LogP contribution >= 0.6 is 0 Å². The molecule has 0 unspecified atom stereocenters. The predicted molar refractivity (Wildman–Crippen MR) is 121 cm³/mol. The zero-order valence-electron chi connectivity index (χ0n) is 17.9. The first kappa shape index (κ1) is 21.2. The van der Waals surface area contributed by atoms with Gasteiger partial charge in [0.05, 0.1) is 28.5 Å². The highest BCUT2D eigenvalue weighted by molar-refractivity contribution is 5.80. The quantitative estimate of drug-likeness (QED) is 0.325.